The number of rotatable bonds is 4. The van der Waals surface area contributed by atoms with E-state index in [0.29, 0.717) is 29.6 Å². The van der Waals surface area contributed by atoms with Crippen LogP contribution in [0.5, 0.6) is 5.75 Å². The van der Waals surface area contributed by atoms with E-state index in [-0.39, 0.29) is 5.91 Å². The van der Waals surface area contributed by atoms with Gasteiger partial charge in [-0.15, -0.1) is 0 Å². The van der Waals surface area contributed by atoms with Crippen LogP contribution < -0.4 is 9.64 Å². The fourth-order valence-corrected chi connectivity index (χ4v) is 3.68. The van der Waals surface area contributed by atoms with E-state index in [4.69, 9.17) is 20.8 Å². The second-order valence-electron chi connectivity index (χ2n) is 6.59. The van der Waals surface area contributed by atoms with Gasteiger partial charge < -0.3 is 19.0 Å². The zero-order valence-electron chi connectivity index (χ0n) is 15.6. The maximum absolute atomic E-state index is 12.9. The normalized spacial score (nSPS) is 14.2. The SMILES string of the molecule is COc1ccccc1N1CCN(C(=O)c2ccc(-c3ccccc3Cl)o2)CC1. The van der Waals surface area contributed by atoms with Gasteiger partial charge in [0.25, 0.3) is 5.91 Å². The molecule has 0 bridgehead atoms. The molecular formula is C22H21ClN2O3. The highest BCUT2D eigenvalue weighted by atomic mass is 35.5. The first-order chi connectivity index (χ1) is 13.7. The summed E-state index contributed by atoms with van der Waals surface area (Å²) in [5, 5.41) is 0.598. The third-order valence-electron chi connectivity index (χ3n) is 4.95. The van der Waals surface area contributed by atoms with Gasteiger partial charge in [0, 0.05) is 31.7 Å². The van der Waals surface area contributed by atoms with Crippen molar-refractivity contribution >= 4 is 23.2 Å². The van der Waals surface area contributed by atoms with Crippen molar-refractivity contribution in [3.63, 3.8) is 0 Å². The minimum absolute atomic E-state index is 0.0991. The third kappa shape index (κ3) is 3.58. The molecule has 0 N–H and O–H groups in total. The third-order valence-corrected chi connectivity index (χ3v) is 5.28. The summed E-state index contributed by atoms with van der Waals surface area (Å²) >= 11 is 6.22. The number of hydrogen-bond donors (Lipinski definition) is 0. The molecule has 0 spiro atoms. The van der Waals surface area contributed by atoms with Crippen LogP contribution in [-0.2, 0) is 0 Å². The second-order valence-corrected chi connectivity index (χ2v) is 7.00. The van der Waals surface area contributed by atoms with E-state index in [9.17, 15) is 4.79 Å². The molecule has 1 aliphatic heterocycles. The van der Waals surface area contributed by atoms with Crippen molar-refractivity contribution in [3.05, 3.63) is 71.4 Å². The number of benzene rings is 2. The Kier molecular flexibility index (Phi) is 5.26. The molecule has 5 nitrogen and oxygen atoms in total. The largest absolute Gasteiger partial charge is 0.495 e. The molecule has 0 saturated carbocycles. The molecule has 144 valence electrons. The number of halogens is 1. The number of para-hydroxylation sites is 2. The molecule has 28 heavy (non-hydrogen) atoms. The molecule has 1 aliphatic rings. The lowest BCUT2D eigenvalue weighted by atomic mass is 10.2. The maximum Gasteiger partial charge on any atom is 0.289 e. The lowest BCUT2D eigenvalue weighted by Gasteiger charge is -2.36. The number of piperazine rings is 1. The molecule has 0 atom stereocenters. The number of hydrogen-bond acceptors (Lipinski definition) is 4. The van der Waals surface area contributed by atoms with Crippen molar-refractivity contribution < 1.29 is 13.9 Å². The van der Waals surface area contributed by atoms with Crippen molar-refractivity contribution in [1.29, 1.82) is 0 Å². The molecule has 3 aromatic rings. The average molecular weight is 397 g/mol. The van der Waals surface area contributed by atoms with Gasteiger partial charge in [-0.05, 0) is 36.4 Å². The first kappa shape index (κ1) is 18.4. The van der Waals surface area contributed by atoms with Crippen molar-refractivity contribution in [1.82, 2.24) is 4.90 Å². The van der Waals surface area contributed by atoms with Crippen molar-refractivity contribution in [2.24, 2.45) is 0 Å². The molecule has 2 heterocycles. The molecule has 0 aliphatic carbocycles. The van der Waals surface area contributed by atoms with Crippen LogP contribution in [0.2, 0.25) is 5.02 Å². The van der Waals surface area contributed by atoms with Crippen molar-refractivity contribution in [2.45, 2.75) is 0 Å². The molecule has 6 heteroatoms. The van der Waals surface area contributed by atoms with Gasteiger partial charge in [0.1, 0.15) is 11.5 Å². The predicted octanol–water partition coefficient (Wildman–Crippen LogP) is 4.57. The zero-order chi connectivity index (χ0) is 19.5. The fraction of sp³-hybridized carbons (Fsp3) is 0.227. The van der Waals surface area contributed by atoms with Crippen LogP contribution in [0, 0.1) is 0 Å². The molecule has 2 aromatic carbocycles. The minimum Gasteiger partial charge on any atom is -0.495 e. The lowest BCUT2D eigenvalue weighted by molar-refractivity contribution is 0.0715. The number of carbonyl (C=O) groups is 1. The Morgan fingerprint density at radius 2 is 1.68 bits per heavy atom. The molecule has 4 rings (SSSR count). The number of ether oxygens (including phenoxy) is 1. The summed E-state index contributed by atoms with van der Waals surface area (Å²) in [4.78, 5) is 16.9. The van der Waals surface area contributed by atoms with Gasteiger partial charge in [0.15, 0.2) is 5.76 Å². The lowest BCUT2D eigenvalue weighted by Crippen LogP contribution is -2.48. The Bertz CT molecular complexity index is 977. The monoisotopic (exact) mass is 396 g/mol. The summed E-state index contributed by atoms with van der Waals surface area (Å²) in [6.45, 7) is 2.73. The van der Waals surface area contributed by atoms with Gasteiger partial charge >= 0.3 is 0 Å². The summed E-state index contributed by atoms with van der Waals surface area (Å²) in [5.74, 6) is 1.68. The van der Waals surface area contributed by atoms with Crippen molar-refractivity contribution in [3.8, 4) is 17.1 Å². The molecule has 1 amide bonds. The van der Waals surface area contributed by atoms with Crippen LogP contribution in [0.1, 0.15) is 10.6 Å². The minimum atomic E-state index is -0.0991. The molecule has 1 saturated heterocycles. The topological polar surface area (TPSA) is 45.9 Å². The molecular weight excluding hydrogens is 376 g/mol. The Morgan fingerprint density at radius 1 is 0.964 bits per heavy atom. The van der Waals surface area contributed by atoms with Crippen LogP contribution in [0.3, 0.4) is 0 Å². The van der Waals surface area contributed by atoms with Gasteiger partial charge in [-0.1, -0.05) is 35.9 Å². The maximum atomic E-state index is 12.9. The van der Waals surface area contributed by atoms with Crippen LogP contribution in [0.25, 0.3) is 11.3 Å². The molecule has 1 fully saturated rings. The van der Waals surface area contributed by atoms with Gasteiger partial charge in [0.2, 0.25) is 0 Å². The van der Waals surface area contributed by atoms with Gasteiger partial charge in [0.05, 0.1) is 17.8 Å². The smallest absolute Gasteiger partial charge is 0.289 e. The highest BCUT2D eigenvalue weighted by Crippen LogP contribution is 2.30. The fourth-order valence-electron chi connectivity index (χ4n) is 3.46. The summed E-state index contributed by atoms with van der Waals surface area (Å²) < 4.78 is 11.3. The Morgan fingerprint density at radius 3 is 2.43 bits per heavy atom. The number of anilines is 1. The van der Waals surface area contributed by atoms with Crippen LogP contribution in [0.15, 0.2) is 65.1 Å². The van der Waals surface area contributed by atoms with Gasteiger partial charge in [-0.25, -0.2) is 0 Å². The molecule has 0 unspecified atom stereocenters. The molecule has 1 aromatic heterocycles. The van der Waals surface area contributed by atoms with Crippen LogP contribution in [-0.4, -0.2) is 44.1 Å². The Labute approximate surface area is 169 Å². The van der Waals surface area contributed by atoms with E-state index in [2.05, 4.69) is 4.90 Å². The second kappa shape index (κ2) is 7.98. The highest BCUT2D eigenvalue weighted by Gasteiger charge is 2.25. The summed E-state index contributed by atoms with van der Waals surface area (Å²) in [5.41, 5.74) is 1.83. The Balaban J connectivity index is 1.44. The quantitative estimate of drug-likeness (QED) is 0.648. The number of furan rings is 1. The Hall–Kier alpha value is -2.92. The number of amides is 1. The highest BCUT2D eigenvalue weighted by molar-refractivity contribution is 6.33. The van der Waals surface area contributed by atoms with Gasteiger partial charge in [-0.3, -0.25) is 4.79 Å². The average Bonchev–Trinajstić information content (AvgIpc) is 3.23. The van der Waals surface area contributed by atoms with E-state index >= 15 is 0 Å². The van der Waals surface area contributed by atoms with Crippen molar-refractivity contribution in [2.75, 3.05) is 38.2 Å². The summed E-state index contributed by atoms with van der Waals surface area (Å²) in [7, 11) is 1.67. The number of carbonyl (C=O) groups excluding carboxylic acids is 1. The number of nitrogens with zero attached hydrogens (tertiary/aromatic N) is 2. The van der Waals surface area contributed by atoms with Gasteiger partial charge in [-0.2, -0.15) is 0 Å². The summed E-state index contributed by atoms with van der Waals surface area (Å²) in [6.07, 6.45) is 0. The first-order valence-corrected chi connectivity index (χ1v) is 9.57. The molecule has 0 radical (unpaired) electrons. The zero-order valence-corrected chi connectivity index (χ0v) is 16.4. The van der Waals surface area contributed by atoms with E-state index < -0.39 is 0 Å². The standard InChI is InChI=1S/C22H21ClN2O3/c1-27-20-9-5-4-8-18(20)24-12-14-25(15-13-24)22(26)21-11-10-19(28-21)16-6-2-3-7-17(16)23/h2-11H,12-15H2,1H3. The predicted molar refractivity (Wildman–Crippen MR) is 110 cm³/mol. The van der Waals surface area contributed by atoms with E-state index in [1.54, 1.807) is 25.3 Å². The number of methoxy groups -OCH3 is 1. The van der Waals surface area contributed by atoms with Crippen LogP contribution in [0.4, 0.5) is 5.69 Å². The van der Waals surface area contributed by atoms with E-state index in [1.165, 1.54) is 0 Å². The van der Waals surface area contributed by atoms with E-state index in [1.807, 2.05) is 47.4 Å². The first-order valence-electron chi connectivity index (χ1n) is 9.19. The summed E-state index contributed by atoms with van der Waals surface area (Å²) in [6, 6.07) is 18.9. The van der Waals surface area contributed by atoms with Crippen LogP contribution >= 0.6 is 11.6 Å². The van der Waals surface area contributed by atoms with E-state index in [0.717, 1.165) is 30.1 Å².